The molecule has 3 N–H and O–H groups in total. The van der Waals surface area contributed by atoms with E-state index in [4.69, 9.17) is 5.73 Å². The highest BCUT2D eigenvalue weighted by Crippen LogP contribution is 2.27. The lowest BCUT2D eigenvalue weighted by molar-refractivity contribution is -0.0507. The van der Waals surface area contributed by atoms with Gasteiger partial charge in [0.2, 0.25) is 0 Å². The Hall–Kier alpha value is -1.69. The van der Waals surface area contributed by atoms with Crippen molar-refractivity contribution in [2.45, 2.75) is 46.8 Å². The summed E-state index contributed by atoms with van der Waals surface area (Å²) in [5, 5.41) is 2.92. The van der Waals surface area contributed by atoms with Crippen molar-refractivity contribution in [2.75, 3.05) is 6.54 Å². The van der Waals surface area contributed by atoms with Gasteiger partial charge in [0.25, 0.3) is 5.91 Å². The Morgan fingerprint density at radius 3 is 2.18 bits per heavy atom. The van der Waals surface area contributed by atoms with E-state index < -0.39 is 12.2 Å². The summed E-state index contributed by atoms with van der Waals surface area (Å²) in [6.45, 7) is 6.51. The second-order valence-electron chi connectivity index (χ2n) is 6.05. The normalized spacial score (nSPS) is 14.1. The molecule has 0 bridgehead atoms. The molecule has 0 aliphatic rings. The molecule has 0 aliphatic carbocycles. The summed E-state index contributed by atoms with van der Waals surface area (Å²) in [6, 6.07) is 3.08. The first-order valence-electron chi connectivity index (χ1n) is 7.19. The minimum Gasteiger partial charge on any atom is -0.434 e. The molecular formula is C16H24F2N2O2. The van der Waals surface area contributed by atoms with Crippen LogP contribution in [0, 0.1) is 19.8 Å². The third kappa shape index (κ3) is 4.16. The molecule has 4 nitrogen and oxygen atoms in total. The minimum atomic E-state index is -2.89. The molecule has 1 aromatic carbocycles. The van der Waals surface area contributed by atoms with E-state index in [1.165, 1.54) is 12.1 Å². The summed E-state index contributed by atoms with van der Waals surface area (Å²) in [4.78, 5) is 12.4. The first kappa shape index (κ1) is 18.4. The predicted molar refractivity (Wildman–Crippen MR) is 82.3 cm³/mol. The zero-order valence-electron chi connectivity index (χ0n) is 13.7. The maximum atomic E-state index is 12.4. The summed E-state index contributed by atoms with van der Waals surface area (Å²) in [5.41, 5.74) is 6.60. The number of carbonyl (C=O) groups excluding carboxylic acids is 1. The second kappa shape index (κ2) is 7.05. The van der Waals surface area contributed by atoms with Gasteiger partial charge in [0.05, 0.1) is 5.54 Å². The Balaban J connectivity index is 3.05. The number of alkyl halides is 2. The third-order valence-electron chi connectivity index (χ3n) is 4.03. The zero-order chi connectivity index (χ0) is 17.1. The van der Waals surface area contributed by atoms with E-state index in [1.807, 2.05) is 20.8 Å². The first-order valence-corrected chi connectivity index (χ1v) is 7.19. The molecule has 0 radical (unpaired) electrons. The van der Waals surface area contributed by atoms with Crippen LogP contribution in [0.4, 0.5) is 8.78 Å². The molecular weight excluding hydrogens is 290 g/mol. The van der Waals surface area contributed by atoms with Crippen LogP contribution in [0.2, 0.25) is 0 Å². The number of hydrogen-bond acceptors (Lipinski definition) is 3. The van der Waals surface area contributed by atoms with Gasteiger partial charge < -0.3 is 15.8 Å². The van der Waals surface area contributed by atoms with Crippen LogP contribution in [-0.4, -0.2) is 24.6 Å². The largest absolute Gasteiger partial charge is 0.434 e. The summed E-state index contributed by atoms with van der Waals surface area (Å²) in [6.07, 6.45) is 0. The number of aryl methyl sites for hydroxylation is 2. The molecule has 1 atom stereocenters. The van der Waals surface area contributed by atoms with E-state index in [1.54, 1.807) is 13.8 Å². The maximum absolute atomic E-state index is 12.4. The molecule has 0 saturated heterocycles. The maximum Gasteiger partial charge on any atom is 0.387 e. The lowest BCUT2D eigenvalue weighted by atomic mass is 9.88. The lowest BCUT2D eigenvalue weighted by Crippen LogP contribution is -2.55. The van der Waals surface area contributed by atoms with Gasteiger partial charge in [0.15, 0.2) is 0 Å². The Labute approximate surface area is 130 Å². The van der Waals surface area contributed by atoms with Gasteiger partial charge in [-0.3, -0.25) is 4.79 Å². The van der Waals surface area contributed by atoms with Crippen molar-refractivity contribution in [1.82, 2.24) is 5.32 Å². The number of nitrogens with two attached hydrogens (primary N) is 1. The summed E-state index contributed by atoms with van der Waals surface area (Å²) in [5.74, 6) is -0.0153. The van der Waals surface area contributed by atoms with Crippen LogP contribution in [0.15, 0.2) is 12.1 Å². The van der Waals surface area contributed by atoms with Crippen molar-refractivity contribution in [3.8, 4) is 5.75 Å². The van der Waals surface area contributed by atoms with Gasteiger partial charge in [-0.1, -0.05) is 13.8 Å². The standard InChI is InChI=1S/C16H24F2N2O2/c1-9(2)16(5,8-19)20-14(21)12-6-10(3)13(11(4)7-12)22-15(17)18/h6-7,9,15H,8,19H2,1-5H3,(H,20,21). The summed E-state index contributed by atoms with van der Waals surface area (Å²) < 4.78 is 29.2. The number of amides is 1. The number of halogens is 2. The SMILES string of the molecule is Cc1cc(C(=O)NC(C)(CN)C(C)C)cc(C)c1OC(F)F. The number of nitrogens with one attached hydrogen (secondary N) is 1. The van der Waals surface area contributed by atoms with Crippen LogP contribution in [0.5, 0.6) is 5.75 Å². The Morgan fingerprint density at radius 2 is 1.82 bits per heavy atom. The van der Waals surface area contributed by atoms with Gasteiger partial charge in [-0.15, -0.1) is 0 Å². The van der Waals surface area contributed by atoms with Crippen LogP contribution < -0.4 is 15.8 Å². The lowest BCUT2D eigenvalue weighted by Gasteiger charge is -2.33. The molecule has 0 saturated carbocycles. The van der Waals surface area contributed by atoms with Gasteiger partial charge in [-0.2, -0.15) is 8.78 Å². The van der Waals surface area contributed by atoms with Crippen LogP contribution in [0.1, 0.15) is 42.3 Å². The highest BCUT2D eigenvalue weighted by molar-refractivity contribution is 5.95. The molecule has 1 unspecified atom stereocenters. The monoisotopic (exact) mass is 314 g/mol. The fourth-order valence-electron chi connectivity index (χ4n) is 2.12. The topological polar surface area (TPSA) is 64.4 Å². The minimum absolute atomic E-state index is 0.108. The van der Waals surface area contributed by atoms with Crippen molar-refractivity contribution in [3.63, 3.8) is 0 Å². The fraction of sp³-hybridized carbons (Fsp3) is 0.562. The van der Waals surface area contributed by atoms with E-state index in [-0.39, 0.29) is 17.6 Å². The van der Waals surface area contributed by atoms with E-state index in [9.17, 15) is 13.6 Å². The van der Waals surface area contributed by atoms with Crippen molar-refractivity contribution in [3.05, 3.63) is 28.8 Å². The van der Waals surface area contributed by atoms with E-state index in [2.05, 4.69) is 10.1 Å². The highest BCUT2D eigenvalue weighted by atomic mass is 19.3. The van der Waals surface area contributed by atoms with Crippen molar-refractivity contribution in [1.29, 1.82) is 0 Å². The van der Waals surface area contributed by atoms with Crippen LogP contribution >= 0.6 is 0 Å². The summed E-state index contributed by atoms with van der Waals surface area (Å²) in [7, 11) is 0. The molecule has 0 heterocycles. The molecule has 1 rings (SSSR count). The van der Waals surface area contributed by atoms with E-state index >= 15 is 0 Å². The van der Waals surface area contributed by atoms with Crippen molar-refractivity contribution < 1.29 is 18.3 Å². The molecule has 0 aromatic heterocycles. The molecule has 0 aliphatic heterocycles. The molecule has 124 valence electrons. The number of carbonyl (C=O) groups is 1. The smallest absolute Gasteiger partial charge is 0.387 e. The quantitative estimate of drug-likeness (QED) is 0.848. The number of benzene rings is 1. The fourth-order valence-corrected chi connectivity index (χ4v) is 2.12. The Kier molecular flexibility index (Phi) is 5.88. The van der Waals surface area contributed by atoms with Gasteiger partial charge in [0, 0.05) is 12.1 Å². The molecule has 22 heavy (non-hydrogen) atoms. The van der Waals surface area contributed by atoms with Crippen LogP contribution in [-0.2, 0) is 0 Å². The zero-order valence-corrected chi connectivity index (χ0v) is 13.7. The van der Waals surface area contributed by atoms with Crippen molar-refractivity contribution >= 4 is 5.91 Å². The molecule has 1 amide bonds. The molecule has 1 aromatic rings. The molecule has 0 fully saturated rings. The number of ether oxygens (including phenoxy) is 1. The van der Waals surface area contributed by atoms with Gasteiger partial charge in [-0.25, -0.2) is 0 Å². The molecule has 0 spiro atoms. The van der Waals surface area contributed by atoms with Crippen molar-refractivity contribution in [2.24, 2.45) is 11.7 Å². The second-order valence-corrected chi connectivity index (χ2v) is 6.05. The van der Waals surface area contributed by atoms with Gasteiger partial charge in [-0.05, 0) is 49.9 Å². The average molecular weight is 314 g/mol. The third-order valence-corrected chi connectivity index (χ3v) is 4.03. The Bertz CT molecular complexity index is 524. The van der Waals surface area contributed by atoms with E-state index in [0.717, 1.165) is 0 Å². The van der Waals surface area contributed by atoms with Gasteiger partial charge >= 0.3 is 6.61 Å². The number of rotatable bonds is 6. The van der Waals surface area contributed by atoms with Crippen LogP contribution in [0.25, 0.3) is 0 Å². The van der Waals surface area contributed by atoms with E-state index in [0.29, 0.717) is 23.2 Å². The van der Waals surface area contributed by atoms with Crippen LogP contribution in [0.3, 0.4) is 0 Å². The van der Waals surface area contributed by atoms with Gasteiger partial charge in [0.1, 0.15) is 5.75 Å². The molecule has 6 heteroatoms. The Morgan fingerprint density at radius 1 is 1.32 bits per heavy atom. The number of hydrogen-bond donors (Lipinski definition) is 2. The highest BCUT2D eigenvalue weighted by Gasteiger charge is 2.29. The summed E-state index contributed by atoms with van der Waals surface area (Å²) >= 11 is 0. The first-order chi connectivity index (χ1) is 10.1. The average Bonchev–Trinajstić information content (AvgIpc) is 2.41. The predicted octanol–water partition coefficient (Wildman–Crippen LogP) is 3.01.